The fourth-order valence-electron chi connectivity index (χ4n) is 5.22. The lowest BCUT2D eigenvalue weighted by Crippen LogP contribution is -1.84. The second kappa shape index (κ2) is 8.25. The van der Waals surface area contributed by atoms with E-state index in [1.165, 1.54) is 49.7 Å². The molecule has 7 rings (SSSR count). The fourth-order valence-corrected chi connectivity index (χ4v) is 5.22. The molecule has 6 aromatic carbocycles. The fraction of sp³-hybridized carbons (Fsp3) is 0.0286. The highest BCUT2D eigenvalue weighted by atomic mass is 16.3. The van der Waals surface area contributed by atoms with Gasteiger partial charge in [-0.05, 0) is 87.5 Å². The van der Waals surface area contributed by atoms with Gasteiger partial charge in [0, 0.05) is 10.8 Å². The van der Waals surface area contributed by atoms with Crippen molar-refractivity contribution in [1.29, 1.82) is 0 Å². The Bertz CT molecular complexity index is 1900. The highest BCUT2D eigenvalue weighted by Gasteiger charge is 2.11. The molecule has 0 atom stereocenters. The summed E-state index contributed by atoms with van der Waals surface area (Å²) < 4.78 is 6.21. The van der Waals surface area contributed by atoms with Crippen molar-refractivity contribution in [3.05, 3.63) is 133 Å². The van der Waals surface area contributed by atoms with E-state index in [1.807, 2.05) is 0 Å². The van der Waals surface area contributed by atoms with Gasteiger partial charge in [0.15, 0.2) is 0 Å². The minimum atomic E-state index is 0.922. The Balaban J connectivity index is 1.31. The normalized spacial score (nSPS) is 11.5. The molecular weight excluding hydrogens is 436 g/mol. The Kier molecular flexibility index (Phi) is 4.75. The first-order valence-electron chi connectivity index (χ1n) is 12.3. The Morgan fingerprint density at radius 2 is 0.917 bits per heavy atom. The molecule has 0 aliphatic rings. The molecular formula is C35H24O. The van der Waals surface area contributed by atoms with Gasteiger partial charge in [0.25, 0.3) is 0 Å². The summed E-state index contributed by atoms with van der Waals surface area (Å²) in [6.07, 6.45) is 0. The van der Waals surface area contributed by atoms with E-state index in [9.17, 15) is 0 Å². The topological polar surface area (TPSA) is 13.1 Å². The highest BCUT2D eigenvalue weighted by Crippen LogP contribution is 2.36. The van der Waals surface area contributed by atoms with Gasteiger partial charge in [-0.3, -0.25) is 0 Å². The van der Waals surface area contributed by atoms with Gasteiger partial charge in [-0.15, -0.1) is 0 Å². The second-order valence-corrected chi connectivity index (χ2v) is 9.54. The minimum absolute atomic E-state index is 0.922. The van der Waals surface area contributed by atoms with Crippen LogP contribution in [0.5, 0.6) is 0 Å². The van der Waals surface area contributed by atoms with Crippen molar-refractivity contribution in [2.24, 2.45) is 0 Å². The molecule has 0 bridgehead atoms. The van der Waals surface area contributed by atoms with E-state index in [-0.39, 0.29) is 0 Å². The second-order valence-electron chi connectivity index (χ2n) is 9.54. The molecule has 36 heavy (non-hydrogen) atoms. The SMILES string of the molecule is Cc1cccc(-c2cccc(-c3cccc(-c4ccc5oc6cc7ccccc7cc6c5c4)c3)c2)c1. The lowest BCUT2D eigenvalue weighted by molar-refractivity contribution is 0.669. The summed E-state index contributed by atoms with van der Waals surface area (Å²) in [6, 6.07) is 45.6. The van der Waals surface area contributed by atoms with Crippen molar-refractivity contribution in [2.75, 3.05) is 0 Å². The molecule has 0 unspecified atom stereocenters. The van der Waals surface area contributed by atoms with Gasteiger partial charge in [-0.25, -0.2) is 0 Å². The van der Waals surface area contributed by atoms with Crippen LogP contribution < -0.4 is 0 Å². The van der Waals surface area contributed by atoms with E-state index >= 15 is 0 Å². The number of rotatable bonds is 3. The third-order valence-corrected chi connectivity index (χ3v) is 7.08. The third-order valence-electron chi connectivity index (χ3n) is 7.08. The summed E-state index contributed by atoms with van der Waals surface area (Å²) in [5.74, 6) is 0. The molecule has 0 saturated carbocycles. The lowest BCUT2D eigenvalue weighted by atomic mass is 9.95. The molecule has 0 radical (unpaired) electrons. The number of fused-ring (bicyclic) bond motifs is 4. The Morgan fingerprint density at radius 1 is 0.389 bits per heavy atom. The summed E-state index contributed by atoms with van der Waals surface area (Å²) in [4.78, 5) is 0. The van der Waals surface area contributed by atoms with Gasteiger partial charge in [0.05, 0.1) is 0 Å². The summed E-state index contributed by atoms with van der Waals surface area (Å²) >= 11 is 0. The van der Waals surface area contributed by atoms with Crippen LogP contribution in [0.25, 0.3) is 66.1 Å². The maximum Gasteiger partial charge on any atom is 0.136 e. The third kappa shape index (κ3) is 3.57. The van der Waals surface area contributed by atoms with Crippen molar-refractivity contribution >= 4 is 32.7 Å². The molecule has 0 spiro atoms. The van der Waals surface area contributed by atoms with Crippen LogP contribution in [0, 0.1) is 6.92 Å². The van der Waals surface area contributed by atoms with Crippen LogP contribution in [0.4, 0.5) is 0 Å². The average Bonchev–Trinajstić information content (AvgIpc) is 3.28. The molecule has 0 saturated heterocycles. The first-order chi connectivity index (χ1) is 17.7. The molecule has 0 fully saturated rings. The zero-order valence-corrected chi connectivity index (χ0v) is 20.0. The molecule has 0 N–H and O–H groups in total. The minimum Gasteiger partial charge on any atom is -0.456 e. The van der Waals surface area contributed by atoms with Gasteiger partial charge < -0.3 is 4.42 Å². The standard InChI is InChI=1S/C35H24O/c1-23-7-4-10-24(17-23)25-11-5-12-26(18-25)27-13-6-14-28(19-27)31-15-16-34-32(21-31)33-20-29-8-2-3-9-30(29)22-35(33)36-34/h2-22H,1H3. The number of furan rings is 1. The first kappa shape index (κ1) is 20.7. The monoisotopic (exact) mass is 460 g/mol. The van der Waals surface area contributed by atoms with Crippen molar-refractivity contribution in [3.8, 4) is 33.4 Å². The molecule has 1 heteroatoms. The number of benzene rings is 6. The van der Waals surface area contributed by atoms with E-state index in [4.69, 9.17) is 4.42 Å². The molecule has 0 aliphatic carbocycles. The van der Waals surface area contributed by atoms with E-state index in [1.54, 1.807) is 0 Å². The maximum atomic E-state index is 6.21. The predicted octanol–water partition coefficient (Wildman–Crippen LogP) is 10.0. The van der Waals surface area contributed by atoms with E-state index in [0.29, 0.717) is 0 Å². The van der Waals surface area contributed by atoms with Crippen LogP contribution >= 0.6 is 0 Å². The smallest absolute Gasteiger partial charge is 0.136 e. The van der Waals surface area contributed by atoms with Crippen LogP contribution in [0.1, 0.15) is 5.56 Å². The Labute approximate surface area is 210 Å². The Hall–Kier alpha value is -4.62. The van der Waals surface area contributed by atoms with Crippen LogP contribution in [-0.2, 0) is 0 Å². The largest absolute Gasteiger partial charge is 0.456 e. The average molecular weight is 461 g/mol. The summed E-state index contributed by atoms with van der Waals surface area (Å²) in [5, 5.41) is 4.74. The summed E-state index contributed by atoms with van der Waals surface area (Å²) in [5.41, 5.74) is 10.4. The molecule has 1 aromatic heterocycles. The lowest BCUT2D eigenvalue weighted by Gasteiger charge is -2.09. The zero-order valence-electron chi connectivity index (χ0n) is 20.0. The van der Waals surface area contributed by atoms with Crippen molar-refractivity contribution in [1.82, 2.24) is 0 Å². The van der Waals surface area contributed by atoms with Gasteiger partial charge >= 0.3 is 0 Å². The van der Waals surface area contributed by atoms with Crippen LogP contribution in [0.3, 0.4) is 0 Å². The first-order valence-corrected chi connectivity index (χ1v) is 12.3. The van der Waals surface area contributed by atoms with Gasteiger partial charge in [0.2, 0.25) is 0 Å². The number of aryl methyl sites for hydroxylation is 1. The molecule has 0 amide bonds. The quantitative estimate of drug-likeness (QED) is 0.256. The van der Waals surface area contributed by atoms with Crippen LogP contribution in [0.15, 0.2) is 132 Å². The summed E-state index contributed by atoms with van der Waals surface area (Å²) in [6.45, 7) is 2.14. The molecule has 1 nitrogen and oxygen atoms in total. The van der Waals surface area contributed by atoms with Crippen molar-refractivity contribution < 1.29 is 4.42 Å². The highest BCUT2D eigenvalue weighted by molar-refractivity contribution is 6.11. The molecule has 170 valence electrons. The molecule has 1 heterocycles. The summed E-state index contributed by atoms with van der Waals surface area (Å²) in [7, 11) is 0. The van der Waals surface area contributed by atoms with Crippen molar-refractivity contribution in [2.45, 2.75) is 6.92 Å². The van der Waals surface area contributed by atoms with Gasteiger partial charge in [-0.2, -0.15) is 0 Å². The van der Waals surface area contributed by atoms with Crippen molar-refractivity contribution in [3.63, 3.8) is 0 Å². The molecule has 7 aromatic rings. The van der Waals surface area contributed by atoms with Crippen LogP contribution in [0.2, 0.25) is 0 Å². The molecule has 0 aliphatic heterocycles. The van der Waals surface area contributed by atoms with Crippen LogP contribution in [-0.4, -0.2) is 0 Å². The van der Waals surface area contributed by atoms with E-state index in [2.05, 4.69) is 134 Å². The zero-order chi connectivity index (χ0) is 24.1. The maximum absolute atomic E-state index is 6.21. The predicted molar refractivity (Wildman–Crippen MR) is 152 cm³/mol. The van der Waals surface area contributed by atoms with Gasteiger partial charge in [0.1, 0.15) is 11.2 Å². The number of hydrogen-bond donors (Lipinski definition) is 0. The Morgan fingerprint density at radius 3 is 1.56 bits per heavy atom. The van der Waals surface area contributed by atoms with Gasteiger partial charge in [-0.1, -0.05) is 96.6 Å². The van der Waals surface area contributed by atoms with E-state index < -0.39 is 0 Å². The van der Waals surface area contributed by atoms with E-state index in [0.717, 1.165) is 21.9 Å². The number of hydrogen-bond acceptors (Lipinski definition) is 1.